The zero-order valence-electron chi connectivity index (χ0n) is 12.9. The highest BCUT2D eigenvalue weighted by Crippen LogP contribution is 2.26. The summed E-state index contributed by atoms with van der Waals surface area (Å²) in [7, 11) is -0.255. The van der Waals surface area contributed by atoms with Crippen LogP contribution in [0.1, 0.15) is 5.69 Å². The number of likely N-dealkylation sites (N-methyl/N-ethyl adjacent to an activating group) is 1. The molecule has 1 aromatic rings. The lowest BCUT2D eigenvalue weighted by molar-refractivity contribution is -0.133. The molecule has 2 aliphatic rings. The number of sulfonamides is 1. The van der Waals surface area contributed by atoms with E-state index in [0.29, 0.717) is 12.3 Å². The molecular weight excluding hydrogens is 308 g/mol. The van der Waals surface area contributed by atoms with Crippen molar-refractivity contribution in [2.45, 2.75) is 17.9 Å². The van der Waals surface area contributed by atoms with Crippen LogP contribution in [0.15, 0.2) is 11.1 Å². The Labute approximate surface area is 129 Å². The van der Waals surface area contributed by atoms with Crippen molar-refractivity contribution >= 4 is 15.9 Å². The van der Waals surface area contributed by atoms with Gasteiger partial charge in [-0.15, -0.1) is 0 Å². The molecule has 2 fully saturated rings. The molecule has 2 aliphatic heterocycles. The van der Waals surface area contributed by atoms with Gasteiger partial charge in [0.1, 0.15) is 4.90 Å². The highest BCUT2D eigenvalue weighted by atomic mass is 32.2. The number of fused-ring (bicyclic) bond motifs is 3. The maximum absolute atomic E-state index is 12.9. The molecular formula is C13H20N4O4S. The van der Waals surface area contributed by atoms with Gasteiger partial charge < -0.3 is 9.64 Å². The Balaban J connectivity index is 1.98. The summed E-state index contributed by atoms with van der Waals surface area (Å²) in [5.41, 5.74) is 0.588. The molecule has 0 spiro atoms. The summed E-state index contributed by atoms with van der Waals surface area (Å²) < 4.78 is 34.3. The maximum Gasteiger partial charge on any atom is 0.246 e. The molecule has 9 heteroatoms. The molecule has 0 saturated carbocycles. The Hall–Kier alpha value is -1.45. The van der Waals surface area contributed by atoms with Crippen LogP contribution in [0.3, 0.4) is 0 Å². The highest BCUT2D eigenvalue weighted by molar-refractivity contribution is 7.89. The lowest BCUT2D eigenvalue weighted by Gasteiger charge is -2.28. The average molecular weight is 328 g/mol. The molecule has 2 bridgehead atoms. The van der Waals surface area contributed by atoms with Crippen molar-refractivity contribution in [1.29, 1.82) is 0 Å². The summed E-state index contributed by atoms with van der Waals surface area (Å²) in [6.07, 6.45) is 1.37. The van der Waals surface area contributed by atoms with E-state index in [2.05, 4.69) is 5.10 Å². The van der Waals surface area contributed by atoms with Gasteiger partial charge in [-0.05, 0) is 6.92 Å². The van der Waals surface area contributed by atoms with Crippen LogP contribution in [0.5, 0.6) is 0 Å². The third kappa shape index (κ3) is 2.33. The molecule has 3 rings (SSSR count). The predicted octanol–water partition coefficient (Wildman–Crippen LogP) is -0.794. The molecule has 0 N–H and O–H groups in total. The number of nitrogens with zero attached hydrogens (tertiary/aromatic N) is 4. The summed E-state index contributed by atoms with van der Waals surface area (Å²) in [4.78, 5) is 14.1. The van der Waals surface area contributed by atoms with E-state index in [1.54, 1.807) is 25.9 Å². The van der Waals surface area contributed by atoms with Gasteiger partial charge >= 0.3 is 0 Å². The van der Waals surface area contributed by atoms with Crippen LogP contribution >= 0.6 is 0 Å². The number of hydrogen-bond donors (Lipinski definition) is 0. The van der Waals surface area contributed by atoms with Gasteiger partial charge in [-0.2, -0.15) is 9.40 Å². The smallest absolute Gasteiger partial charge is 0.246 e. The van der Waals surface area contributed by atoms with Gasteiger partial charge in [0.2, 0.25) is 15.9 Å². The lowest BCUT2D eigenvalue weighted by Crippen LogP contribution is -2.45. The number of aromatic nitrogens is 2. The van der Waals surface area contributed by atoms with Crippen LogP contribution in [-0.2, 0) is 26.6 Å². The van der Waals surface area contributed by atoms with E-state index in [1.807, 2.05) is 0 Å². The number of hydrogen-bond acceptors (Lipinski definition) is 5. The average Bonchev–Trinajstić information content (AvgIpc) is 2.65. The van der Waals surface area contributed by atoms with E-state index in [9.17, 15) is 13.2 Å². The van der Waals surface area contributed by atoms with E-state index in [4.69, 9.17) is 4.74 Å². The molecule has 2 atom stereocenters. The molecule has 1 amide bonds. The molecule has 8 nitrogen and oxygen atoms in total. The molecule has 0 unspecified atom stereocenters. The topological polar surface area (TPSA) is 84.7 Å². The fourth-order valence-corrected chi connectivity index (χ4v) is 4.63. The van der Waals surface area contributed by atoms with Crippen LogP contribution in [0.2, 0.25) is 0 Å². The van der Waals surface area contributed by atoms with E-state index in [0.717, 1.165) is 0 Å². The Bertz CT molecular complexity index is 699. The summed E-state index contributed by atoms with van der Waals surface area (Å²) in [6.45, 7) is 2.74. The van der Waals surface area contributed by atoms with E-state index >= 15 is 0 Å². The number of rotatable bonds is 2. The third-order valence-electron chi connectivity index (χ3n) is 4.52. The Morgan fingerprint density at radius 2 is 2.00 bits per heavy atom. The quantitative estimate of drug-likeness (QED) is 0.710. The number of carbonyl (C=O) groups excluding carboxylic acids is 1. The van der Waals surface area contributed by atoms with Gasteiger partial charge in [-0.1, -0.05) is 0 Å². The first-order chi connectivity index (χ1) is 10.3. The molecule has 2 saturated heterocycles. The first-order valence-electron chi connectivity index (χ1n) is 7.15. The minimum Gasteiger partial charge on any atom is -0.378 e. The number of ether oxygens (including phenoxy) is 1. The van der Waals surface area contributed by atoms with E-state index < -0.39 is 15.9 Å². The predicted molar refractivity (Wildman–Crippen MR) is 77.6 cm³/mol. The van der Waals surface area contributed by atoms with Crippen molar-refractivity contribution < 1.29 is 17.9 Å². The number of aryl methyl sites for hydroxylation is 1. The Morgan fingerprint density at radius 1 is 1.27 bits per heavy atom. The highest BCUT2D eigenvalue weighted by Gasteiger charge is 2.42. The van der Waals surface area contributed by atoms with Gasteiger partial charge in [0.05, 0.1) is 37.1 Å². The monoisotopic (exact) mass is 328 g/mol. The van der Waals surface area contributed by atoms with Crippen molar-refractivity contribution in [2.75, 3.05) is 33.4 Å². The largest absolute Gasteiger partial charge is 0.378 e. The van der Waals surface area contributed by atoms with Crippen molar-refractivity contribution in [2.24, 2.45) is 13.0 Å². The summed E-state index contributed by atoms with van der Waals surface area (Å²) in [6, 6.07) is -0.258. The second-order valence-corrected chi connectivity index (χ2v) is 7.78. The van der Waals surface area contributed by atoms with Gasteiger partial charge in [-0.3, -0.25) is 9.48 Å². The van der Waals surface area contributed by atoms with Gasteiger partial charge in [-0.25, -0.2) is 8.42 Å². The molecule has 22 heavy (non-hydrogen) atoms. The molecule has 1 aromatic heterocycles. The Kier molecular flexibility index (Phi) is 3.74. The minimum absolute atomic E-state index is 0.0527. The van der Waals surface area contributed by atoms with Crippen molar-refractivity contribution in [3.8, 4) is 0 Å². The number of amides is 1. The van der Waals surface area contributed by atoms with E-state index in [1.165, 1.54) is 15.2 Å². The van der Waals surface area contributed by atoms with Gasteiger partial charge in [0, 0.05) is 27.2 Å². The van der Waals surface area contributed by atoms with Crippen LogP contribution < -0.4 is 0 Å². The summed E-state index contributed by atoms with van der Waals surface area (Å²) >= 11 is 0. The number of carbonyl (C=O) groups is 1. The first kappa shape index (κ1) is 15.4. The molecule has 3 heterocycles. The summed E-state index contributed by atoms with van der Waals surface area (Å²) in [5.74, 6) is -0.507. The summed E-state index contributed by atoms with van der Waals surface area (Å²) in [5, 5.41) is 4.01. The zero-order chi connectivity index (χ0) is 16.1. The fraction of sp³-hybridized carbons (Fsp3) is 0.692. The van der Waals surface area contributed by atoms with Crippen molar-refractivity contribution in [3.05, 3.63) is 11.9 Å². The third-order valence-corrected chi connectivity index (χ3v) is 6.45. The normalized spacial score (nSPS) is 27.0. The van der Waals surface area contributed by atoms with Crippen LogP contribution in [-0.4, -0.2) is 72.7 Å². The second kappa shape index (κ2) is 5.32. The minimum atomic E-state index is -3.67. The molecule has 0 aromatic carbocycles. The zero-order valence-corrected chi connectivity index (χ0v) is 13.7. The van der Waals surface area contributed by atoms with E-state index in [-0.39, 0.29) is 36.5 Å². The second-order valence-electron chi connectivity index (χ2n) is 5.88. The standard InChI is InChI=1S/C13H20N4O4S/c1-9-12(4-14-16(9)3)22(19,20)17-5-10-7-21-8-11(6-17)15(2)13(10)18/h4,10-11H,5-8H2,1-3H3/t10-,11+/m1/s1. The fourth-order valence-electron chi connectivity index (χ4n) is 2.93. The SMILES string of the molecule is Cc1c(S(=O)(=O)N2C[C@@H]3COC[C@H](C2)N(C)C3=O)cnn1C. The molecule has 0 radical (unpaired) electrons. The molecule has 0 aliphatic carbocycles. The molecule has 122 valence electrons. The van der Waals surface area contributed by atoms with Crippen molar-refractivity contribution in [3.63, 3.8) is 0 Å². The van der Waals surface area contributed by atoms with Gasteiger partial charge in [0.15, 0.2) is 0 Å². The maximum atomic E-state index is 12.9. The van der Waals surface area contributed by atoms with Gasteiger partial charge in [0.25, 0.3) is 0 Å². The van der Waals surface area contributed by atoms with Crippen LogP contribution in [0.4, 0.5) is 0 Å². The van der Waals surface area contributed by atoms with Crippen molar-refractivity contribution in [1.82, 2.24) is 19.0 Å². The van der Waals surface area contributed by atoms with Crippen LogP contribution in [0.25, 0.3) is 0 Å². The lowest BCUT2D eigenvalue weighted by atomic mass is 10.1. The Morgan fingerprint density at radius 3 is 2.64 bits per heavy atom. The first-order valence-corrected chi connectivity index (χ1v) is 8.59. The van der Waals surface area contributed by atoms with Crippen LogP contribution in [0, 0.1) is 12.8 Å².